The van der Waals surface area contributed by atoms with Crippen LogP contribution < -0.4 is 14.8 Å². The molecular weight excluding hydrogens is 324 g/mol. The molecule has 9 heteroatoms. The minimum Gasteiger partial charge on any atom is -0.482 e. The van der Waals surface area contributed by atoms with Crippen LogP contribution in [0.4, 0.5) is 0 Å². The number of rotatable bonds is 8. The van der Waals surface area contributed by atoms with Gasteiger partial charge in [0.05, 0.1) is 12.0 Å². The average Bonchev–Trinajstić information content (AvgIpc) is 2.52. The fourth-order valence-corrected chi connectivity index (χ4v) is 2.77. The van der Waals surface area contributed by atoms with Gasteiger partial charge in [-0.25, -0.2) is 17.9 Å². The van der Waals surface area contributed by atoms with Crippen LogP contribution in [0.25, 0.3) is 0 Å². The van der Waals surface area contributed by atoms with Gasteiger partial charge in [0.1, 0.15) is 5.75 Å². The maximum atomic E-state index is 12.1. The van der Waals surface area contributed by atoms with Crippen LogP contribution in [-0.2, 0) is 24.3 Å². The highest BCUT2D eigenvalue weighted by Crippen LogP contribution is 2.21. The van der Waals surface area contributed by atoms with Gasteiger partial charge in [0.2, 0.25) is 15.9 Å². The smallest absolute Gasteiger partial charge is 0.343 e. The second kappa shape index (κ2) is 8.49. The Hall–Kier alpha value is -2.13. The van der Waals surface area contributed by atoms with Crippen molar-refractivity contribution in [1.82, 2.24) is 10.0 Å². The summed E-state index contributed by atoms with van der Waals surface area (Å²) < 4.78 is 36.3. The first-order valence-corrected chi connectivity index (χ1v) is 8.29. The zero-order valence-corrected chi connectivity index (χ0v) is 14.0. The monoisotopic (exact) mass is 344 g/mol. The fraction of sp³-hybridized carbons (Fsp3) is 0.429. The first-order valence-electron chi connectivity index (χ1n) is 6.80. The van der Waals surface area contributed by atoms with Gasteiger partial charge in [-0.2, -0.15) is 0 Å². The number of amides is 1. The van der Waals surface area contributed by atoms with E-state index in [2.05, 4.69) is 14.8 Å². The largest absolute Gasteiger partial charge is 0.482 e. The van der Waals surface area contributed by atoms with Gasteiger partial charge >= 0.3 is 5.97 Å². The molecule has 0 aliphatic rings. The summed E-state index contributed by atoms with van der Waals surface area (Å²) in [4.78, 5) is 22.2. The first kappa shape index (κ1) is 18.9. The third kappa shape index (κ3) is 5.87. The molecule has 0 aliphatic heterocycles. The van der Waals surface area contributed by atoms with Gasteiger partial charge in [-0.15, -0.1) is 0 Å². The van der Waals surface area contributed by atoms with Gasteiger partial charge in [0, 0.05) is 20.0 Å². The van der Waals surface area contributed by atoms with Gasteiger partial charge in [0.15, 0.2) is 6.61 Å². The molecule has 0 bridgehead atoms. The van der Waals surface area contributed by atoms with E-state index in [0.717, 1.165) is 0 Å². The van der Waals surface area contributed by atoms with Crippen molar-refractivity contribution in [1.29, 1.82) is 0 Å². The molecule has 0 aromatic heterocycles. The van der Waals surface area contributed by atoms with Crippen molar-refractivity contribution in [2.75, 3.05) is 27.3 Å². The molecule has 1 rings (SSSR count). The van der Waals surface area contributed by atoms with E-state index in [0.29, 0.717) is 11.3 Å². The van der Waals surface area contributed by atoms with E-state index in [1.54, 1.807) is 6.92 Å². The van der Waals surface area contributed by atoms with Crippen molar-refractivity contribution in [3.05, 3.63) is 23.8 Å². The van der Waals surface area contributed by atoms with Crippen LogP contribution in [0.1, 0.15) is 12.0 Å². The fourth-order valence-electron chi connectivity index (χ4n) is 1.65. The number of nitrogens with one attached hydrogen (secondary N) is 2. The SMILES string of the molecule is CNC(=O)CCNS(=O)(=O)c1ccc(OCC(=O)OC)c(C)c1. The summed E-state index contributed by atoms with van der Waals surface area (Å²) in [5.41, 5.74) is 0.558. The minimum absolute atomic E-state index is 0.00163. The number of carbonyl (C=O) groups is 2. The average molecular weight is 344 g/mol. The summed E-state index contributed by atoms with van der Waals surface area (Å²) in [7, 11) is -0.988. The lowest BCUT2D eigenvalue weighted by Gasteiger charge is -2.11. The molecule has 0 aliphatic carbocycles. The van der Waals surface area contributed by atoms with Gasteiger partial charge in [-0.05, 0) is 30.7 Å². The van der Waals surface area contributed by atoms with Gasteiger partial charge in [-0.1, -0.05) is 0 Å². The summed E-state index contributed by atoms with van der Waals surface area (Å²) in [5, 5.41) is 2.41. The number of benzene rings is 1. The van der Waals surface area contributed by atoms with E-state index in [1.165, 1.54) is 32.4 Å². The van der Waals surface area contributed by atoms with E-state index >= 15 is 0 Å². The highest BCUT2D eigenvalue weighted by atomic mass is 32.2. The van der Waals surface area contributed by atoms with Gasteiger partial charge in [-0.3, -0.25) is 4.79 Å². The molecule has 0 heterocycles. The Labute approximate surface area is 135 Å². The molecule has 8 nitrogen and oxygen atoms in total. The molecule has 0 atom stereocenters. The Kier molecular flexibility index (Phi) is 6.98. The van der Waals surface area contributed by atoms with Crippen LogP contribution in [0.15, 0.2) is 23.1 Å². The van der Waals surface area contributed by atoms with Crippen molar-refractivity contribution in [2.45, 2.75) is 18.2 Å². The molecular formula is C14H20N2O6S. The summed E-state index contributed by atoms with van der Waals surface area (Å²) in [6, 6.07) is 4.25. The molecule has 1 amide bonds. The molecule has 1 aromatic rings. The van der Waals surface area contributed by atoms with Crippen LogP contribution in [-0.4, -0.2) is 47.6 Å². The maximum Gasteiger partial charge on any atom is 0.343 e. The molecule has 0 spiro atoms. The molecule has 1 aromatic carbocycles. The van der Waals surface area contributed by atoms with Crippen LogP contribution in [0.2, 0.25) is 0 Å². The molecule has 0 fully saturated rings. The molecule has 0 unspecified atom stereocenters. The van der Waals surface area contributed by atoms with Crippen molar-refractivity contribution in [2.24, 2.45) is 0 Å². The van der Waals surface area contributed by atoms with Gasteiger partial charge < -0.3 is 14.8 Å². The number of hydrogen-bond acceptors (Lipinski definition) is 6. The zero-order chi connectivity index (χ0) is 17.5. The Bertz CT molecular complexity index is 672. The van der Waals surface area contributed by atoms with E-state index in [4.69, 9.17) is 4.74 Å². The third-order valence-electron chi connectivity index (χ3n) is 2.95. The van der Waals surface area contributed by atoms with Crippen LogP contribution >= 0.6 is 0 Å². The maximum absolute atomic E-state index is 12.1. The Morgan fingerprint density at radius 1 is 1.26 bits per heavy atom. The summed E-state index contributed by atoms with van der Waals surface area (Å²) in [5.74, 6) is -0.396. The van der Waals surface area contributed by atoms with Crippen molar-refractivity contribution in [3.63, 3.8) is 0 Å². The number of methoxy groups -OCH3 is 1. The molecule has 23 heavy (non-hydrogen) atoms. The first-order chi connectivity index (χ1) is 10.8. The predicted octanol–water partition coefficient (Wildman–Crippen LogP) is -0.0388. The molecule has 2 N–H and O–H groups in total. The summed E-state index contributed by atoms with van der Waals surface area (Å²) >= 11 is 0. The number of sulfonamides is 1. The van der Waals surface area contributed by atoms with Crippen LogP contribution in [0.3, 0.4) is 0 Å². The summed E-state index contributed by atoms with van der Waals surface area (Å²) in [6.07, 6.45) is 0.0506. The Balaban J connectivity index is 2.75. The highest BCUT2D eigenvalue weighted by molar-refractivity contribution is 7.89. The normalized spacial score (nSPS) is 10.9. The van der Waals surface area contributed by atoms with E-state index in [9.17, 15) is 18.0 Å². The van der Waals surface area contributed by atoms with E-state index in [1.807, 2.05) is 0 Å². The van der Waals surface area contributed by atoms with Crippen molar-refractivity contribution < 1.29 is 27.5 Å². The van der Waals surface area contributed by atoms with Crippen LogP contribution in [0, 0.1) is 6.92 Å². The number of esters is 1. The Morgan fingerprint density at radius 3 is 2.52 bits per heavy atom. The second-order valence-corrected chi connectivity index (χ2v) is 6.38. The molecule has 0 saturated carbocycles. The lowest BCUT2D eigenvalue weighted by Crippen LogP contribution is -2.29. The zero-order valence-electron chi connectivity index (χ0n) is 13.2. The number of carbonyl (C=O) groups excluding carboxylic acids is 2. The predicted molar refractivity (Wildman–Crippen MR) is 82.6 cm³/mol. The second-order valence-electron chi connectivity index (χ2n) is 4.61. The number of ether oxygens (including phenoxy) is 2. The Morgan fingerprint density at radius 2 is 1.96 bits per heavy atom. The number of aryl methyl sites for hydroxylation is 1. The van der Waals surface area contributed by atoms with E-state index < -0.39 is 16.0 Å². The quantitative estimate of drug-likeness (QED) is 0.640. The molecule has 0 saturated heterocycles. The summed E-state index contributed by atoms with van der Waals surface area (Å²) in [6.45, 7) is 1.41. The van der Waals surface area contributed by atoms with Crippen molar-refractivity contribution >= 4 is 21.9 Å². The standard InChI is InChI=1S/C14H20N2O6S/c1-10-8-11(4-5-12(10)22-9-14(18)21-3)23(19,20)16-7-6-13(17)15-2/h4-5,8,16H,6-7,9H2,1-3H3,(H,15,17). The number of hydrogen-bond donors (Lipinski definition) is 2. The highest BCUT2D eigenvalue weighted by Gasteiger charge is 2.16. The lowest BCUT2D eigenvalue weighted by molar-refractivity contribution is -0.142. The third-order valence-corrected chi connectivity index (χ3v) is 4.41. The van der Waals surface area contributed by atoms with E-state index in [-0.39, 0.29) is 30.4 Å². The van der Waals surface area contributed by atoms with Crippen molar-refractivity contribution in [3.8, 4) is 5.75 Å². The molecule has 0 radical (unpaired) electrons. The minimum atomic E-state index is -3.72. The van der Waals surface area contributed by atoms with Crippen LogP contribution in [0.5, 0.6) is 5.75 Å². The lowest BCUT2D eigenvalue weighted by atomic mass is 10.2. The topological polar surface area (TPSA) is 111 Å². The van der Waals surface area contributed by atoms with Gasteiger partial charge in [0.25, 0.3) is 0 Å². The molecule has 128 valence electrons.